The molecule has 3 heterocycles. The lowest BCUT2D eigenvalue weighted by atomic mass is 9.41. The molecule has 232 valence electrons. The molecule has 0 N–H and O–H groups in total. The Bertz CT molecular complexity index is 1660. The molecule has 8 nitrogen and oxygen atoms in total. The van der Waals surface area contributed by atoms with Crippen molar-refractivity contribution in [2.24, 2.45) is 28.1 Å². The molecular formula is C33H31F3O8. The SMILES string of the molecule is COC(=O)CC1[C@@]2(C)C(=O)C=C(Oc3cc(F)c(F)c(F)c3)[C@@]3(C)C(=O)O[C@H](C32)[C@H]2O[C@H]3C[C@@H](c4ccoc4)C(C)=C3[C@@]12C. The Hall–Kier alpha value is -3.86. The number of carbonyl (C=O) groups is 3. The molecule has 1 aromatic carbocycles. The molecular weight excluding hydrogens is 581 g/mol. The third kappa shape index (κ3) is 3.47. The summed E-state index contributed by atoms with van der Waals surface area (Å²) in [6, 6.07) is 3.19. The van der Waals surface area contributed by atoms with Crippen LogP contribution in [0.1, 0.15) is 52.0 Å². The zero-order valence-electron chi connectivity index (χ0n) is 24.7. The first-order chi connectivity index (χ1) is 20.8. The van der Waals surface area contributed by atoms with Crippen LogP contribution in [0.2, 0.25) is 0 Å². The van der Waals surface area contributed by atoms with E-state index in [1.165, 1.54) is 7.11 Å². The van der Waals surface area contributed by atoms with Crippen LogP contribution in [0.25, 0.3) is 0 Å². The highest BCUT2D eigenvalue weighted by Crippen LogP contribution is 2.73. The molecule has 2 aliphatic heterocycles. The molecule has 0 radical (unpaired) electrons. The number of halogens is 3. The second-order valence-electron chi connectivity index (χ2n) is 13.1. The minimum atomic E-state index is -1.68. The predicted octanol–water partition coefficient (Wildman–Crippen LogP) is 5.57. The van der Waals surface area contributed by atoms with Crippen molar-refractivity contribution < 1.29 is 50.9 Å². The number of esters is 2. The van der Waals surface area contributed by atoms with Crippen molar-refractivity contribution in [2.75, 3.05) is 7.11 Å². The summed E-state index contributed by atoms with van der Waals surface area (Å²) in [6.07, 6.45) is 2.94. The van der Waals surface area contributed by atoms with Crippen LogP contribution in [0.5, 0.6) is 5.75 Å². The third-order valence-corrected chi connectivity index (χ3v) is 11.2. The summed E-state index contributed by atoms with van der Waals surface area (Å²) < 4.78 is 70.9. The topological polar surface area (TPSA) is 101 Å². The van der Waals surface area contributed by atoms with Crippen LogP contribution in [0.3, 0.4) is 0 Å². The van der Waals surface area contributed by atoms with Crippen LogP contribution < -0.4 is 4.74 Å². The largest absolute Gasteiger partial charge is 0.472 e. The summed E-state index contributed by atoms with van der Waals surface area (Å²) >= 11 is 0. The fraction of sp³-hybridized carbons (Fsp3) is 0.485. The van der Waals surface area contributed by atoms with Gasteiger partial charge >= 0.3 is 11.9 Å². The number of fused-ring (bicyclic) bond motifs is 4. The number of ether oxygens (including phenoxy) is 4. The van der Waals surface area contributed by atoms with Gasteiger partial charge in [0.15, 0.2) is 23.2 Å². The smallest absolute Gasteiger partial charge is 0.320 e. The van der Waals surface area contributed by atoms with Crippen LogP contribution >= 0.6 is 0 Å². The molecule has 11 heteroatoms. The highest BCUT2D eigenvalue weighted by atomic mass is 19.2. The lowest BCUT2D eigenvalue weighted by Gasteiger charge is -2.59. The molecule has 0 bridgehead atoms. The first-order valence-corrected chi connectivity index (χ1v) is 14.5. The van der Waals surface area contributed by atoms with E-state index in [1.807, 2.05) is 19.9 Å². The first-order valence-electron chi connectivity index (χ1n) is 14.5. The monoisotopic (exact) mass is 612 g/mol. The highest BCUT2D eigenvalue weighted by Gasteiger charge is 2.79. The van der Waals surface area contributed by atoms with Gasteiger partial charge in [-0.15, -0.1) is 0 Å². The van der Waals surface area contributed by atoms with Gasteiger partial charge in [-0.1, -0.05) is 19.4 Å². The fourth-order valence-corrected chi connectivity index (χ4v) is 9.30. The Labute approximate surface area is 251 Å². The number of carbonyl (C=O) groups excluding carboxylic acids is 3. The minimum Gasteiger partial charge on any atom is -0.472 e. The van der Waals surface area contributed by atoms with Gasteiger partial charge in [0.25, 0.3) is 0 Å². The number of ketones is 1. The lowest BCUT2D eigenvalue weighted by Crippen LogP contribution is -2.67. The molecule has 2 aromatic rings. The van der Waals surface area contributed by atoms with Crippen molar-refractivity contribution in [3.05, 3.63) is 76.7 Å². The second-order valence-corrected chi connectivity index (χ2v) is 13.1. The maximum absolute atomic E-state index is 14.4. The number of methoxy groups -OCH3 is 1. The number of hydrogen-bond acceptors (Lipinski definition) is 8. The van der Waals surface area contributed by atoms with Crippen LogP contribution in [-0.4, -0.2) is 43.1 Å². The van der Waals surface area contributed by atoms with Crippen molar-refractivity contribution in [3.8, 4) is 5.75 Å². The fourth-order valence-electron chi connectivity index (χ4n) is 9.30. The van der Waals surface area contributed by atoms with Crippen molar-refractivity contribution in [2.45, 2.75) is 64.8 Å². The molecule has 0 amide bonds. The van der Waals surface area contributed by atoms with Gasteiger partial charge in [0.1, 0.15) is 29.1 Å². The van der Waals surface area contributed by atoms with E-state index in [0.717, 1.165) is 22.8 Å². The quantitative estimate of drug-likeness (QED) is 0.246. The summed E-state index contributed by atoms with van der Waals surface area (Å²) in [5.41, 5.74) is -0.848. The Morgan fingerprint density at radius 2 is 1.80 bits per heavy atom. The molecule has 1 saturated carbocycles. The number of allylic oxidation sites excluding steroid dienone is 2. The normalized spacial score (nSPS) is 38.6. The molecule has 44 heavy (non-hydrogen) atoms. The van der Waals surface area contributed by atoms with E-state index in [-0.39, 0.29) is 24.2 Å². The maximum atomic E-state index is 14.4. The molecule has 0 spiro atoms. The van der Waals surface area contributed by atoms with E-state index < -0.39 is 81.2 Å². The first kappa shape index (κ1) is 28.9. The number of benzene rings is 1. The predicted molar refractivity (Wildman–Crippen MR) is 145 cm³/mol. The van der Waals surface area contributed by atoms with Gasteiger partial charge in [-0.2, -0.15) is 0 Å². The van der Waals surface area contributed by atoms with Crippen molar-refractivity contribution >= 4 is 17.7 Å². The van der Waals surface area contributed by atoms with Crippen LogP contribution in [0.4, 0.5) is 13.2 Å². The lowest BCUT2D eigenvalue weighted by molar-refractivity contribution is -0.191. The summed E-state index contributed by atoms with van der Waals surface area (Å²) in [7, 11) is 1.28. The maximum Gasteiger partial charge on any atom is 0.320 e. The standard InChI is InChI=1S/C33H31F3O8/c1-14-17(15-6-7-41-13-15)10-20-25(14)32(3)21(11-24(38)40-5)31(2)22(37)12-23(42-16-8-18(34)26(36)19(35)9-16)33(4)28(31)27(29(32)43-20)44-30(33)39/h6-9,12-13,17,20-21,27-29H,10-11H2,1-5H3/t17-,20+,21?,27-,28?,29-,31+,32-,33-/m1/s1. The van der Waals surface area contributed by atoms with Crippen molar-refractivity contribution in [1.82, 2.24) is 0 Å². The zero-order valence-corrected chi connectivity index (χ0v) is 24.7. The molecule has 3 aliphatic carbocycles. The number of hydrogen-bond donors (Lipinski definition) is 0. The van der Waals surface area contributed by atoms with Gasteiger partial charge in [-0.3, -0.25) is 14.4 Å². The van der Waals surface area contributed by atoms with Gasteiger partial charge in [-0.25, -0.2) is 13.2 Å². The van der Waals surface area contributed by atoms with Gasteiger partial charge in [0.05, 0.1) is 32.2 Å². The molecule has 7 rings (SSSR count). The highest BCUT2D eigenvalue weighted by molar-refractivity contribution is 6.01. The van der Waals surface area contributed by atoms with E-state index >= 15 is 0 Å². The average Bonchev–Trinajstić information content (AvgIpc) is 3.73. The van der Waals surface area contributed by atoms with E-state index in [0.29, 0.717) is 18.6 Å². The summed E-state index contributed by atoms with van der Waals surface area (Å²) in [4.78, 5) is 41.3. The molecule has 9 atom stereocenters. The van der Waals surface area contributed by atoms with Gasteiger partial charge < -0.3 is 23.4 Å². The van der Waals surface area contributed by atoms with E-state index in [9.17, 15) is 27.6 Å². The number of furan rings is 1. The minimum absolute atomic E-state index is 0.00526. The Kier molecular flexibility index (Phi) is 6.12. The van der Waals surface area contributed by atoms with Crippen molar-refractivity contribution in [1.29, 1.82) is 0 Å². The third-order valence-electron chi connectivity index (χ3n) is 11.2. The summed E-state index contributed by atoms with van der Waals surface area (Å²) in [5.74, 6) is -8.48. The molecule has 3 fully saturated rings. The van der Waals surface area contributed by atoms with Gasteiger partial charge in [0.2, 0.25) is 0 Å². The summed E-state index contributed by atoms with van der Waals surface area (Å²) in [5, 5.41) is 0. The second kappa shape index (κ2) is 9.32. The summed E-state index contributed by atoms with van der Waals surface area (Å²) in [6.45, 7) is 7.28. The van der Waals surface area contributed by atoms with Crippen LogP contribution in [0.15, 0.2) is 58.1 Å². The van der Waals surface area contributed by atoms with Crippen LogP contribution in [0, 0.1) is 45.5 Å². The van der Waals surface area contributed by atoms with Crippen molar-refractivity contribution in [3.63, 3.8) is 0 Å². The molecule has 1 aromatic heterocycles. The Balaban J connectivity index is 1.40. The van der Waals surface area contributed by atoms with Gasteiger partial charge in [-0.05, 0) is 43.4 Å². The van der Waals surface area contributed by atoms with Crippen LogP contribution in [-0.2, 0) is 28.6 Å². The molecule has 5 aliphatic rings. The van der Waals surface area contributed by atoms with E-state index in [4.69, 9.17) is 23.4 Å². The zero-order chi connectivity index (χ0) is 31.5. The molecule has 2 unspecified atom stereocenters. The Morgan fingerprint density at radius 1 is 1.09 bits per heavy atom. The van der Waals surface area contributed by atoms with Gasteiger partial charge in [0, 0.05) is 40.9 Å². The Morgan fingerprint density at radius 3 is 2.43 bits per heavy atom. The van der Waals surface area contributed by atoms with E-state index in [1.54, 1.807) is 26.4 Å². The van der Waals surface area contributed by atoms with E-state index in [2.05, 4.69) is 0 Å². The number of rotatable bonds is 5. The molecule has 2 saturated heterocycles. The average molecular weight is 613 g/mol.